The SMILES string of the molecule is Clc1cc2c3c(c1-c1cccc([Si](c4ccccc4)(c4ccccc4)c4ccccc4)c1)Oc1ccccc1B3c1ccccc1O2. The van der Waals surface area contributed by atoms with Gasteiger partial charge in [0.05, 0.1) is 5.02 Å². The fourth-order valence-corrected chi connectivity index (χ4v) is 12.7. The number of hydrogen-bond donors (Lipinski definition) is 0. The van der Waals surface area contributed by atoms with E-state index in [4.69, 9.17) is 21.1 Å². The van der Waals surface area contributed by atoms with Gasteiger partial charge in [-0.3, -0.25) is 0 Å². The summed E-state index contributed by atoms with van der Waals surface area (Å²) in [5, 5.41) is 5.83. The van der Waals surface area contributed by atoms with Gasteiger partial charge in [-0.1, -0.05) is 163 Å². The molecule has 2 heterocycles. The predicted octanol–water partition coefficient (Wildman–Crippen LogP) is 6.11. The summed E-state index contributed by atoms with van der Waals surface area (Å²) in [6, 6.07) is 60.4. The third-order valence-electron chi connectivity index (χ3n) is 9.62. The Hall–Kier alpha value is -5.29. The fourth-order valence-electron chi connectivity index (χ4n) is 7.66. The molecule has 7 aromatic carbocycles. The van der Waals surface area contributed by atoms with Crippen molar-refractivity contribution in [2.75, 3.05) is 0 Å². The molecule has 0 aromatic heterocycles. The molecular weight excluding hydrogens is 611 g/mol. The zero-order chi connectivity index (χ0) is 31.4. The Morgan fingerprint density at radius 2 is 0.936 bits per heavy atom. The number of benzene rings is 7. The molecule has 0 saturated carbocycles. The van der Waals surface area contributed by atoms with E-state index in [2.05, 4.69) is 146 Å². The highest BCUT2D eigenvalue weighted by Crippen LogP contribution is 2.44. The van der Waals surface area contributed by atoms with Crippen LogP contribution in [-0.2, 0) is 0 Å². The molecule has 0 aliphatic carbocycles. The van der Waals surface area contributed by atoms with E-state index in [9.17, 15) is 0 Å². The highest BCUT2D eigenvalue weighted by molar-refractivity contribution is 7.20. The van der Waals surface area contributed by atoms with E-state index in [0.717, 1.165) is 50.5 Å². The standard InChI is InChI=1S/C42H28BClO2Si/c44-36-28-39-41-42(46-38-26-13-11-24-35(38)43(41)34-23-10-12-25-37(34)45-39)40(36)29-15-14-22-33(27-29)47(30-16-4-1-5-17-30,31-18-6-2-7-19-31)32-20-8-3-9-21-32/h1-28H. The highest BCUT2D eigenvalue weighted by atomic mass is 35.5. The van der Waals surface area contributed by atoms with Gasteiger partial charge < -0.3 is 9.47 Å². The molecule has 222 valence electrons. The summed E-state index contributed by atoms with van der Waals surface area (Å²) < 4.78 is 13.3. The van der Waals surface area contributed by atoms with Gasteiger partial charge in [0.1, 0.15) is 23.0 Å². The van der Waals surface area contributed by atoms with Crippen LogP contribution in [0.2, 0.25) is 5.02 Å². The van der Waals surface area contributed by atoms with Crippen LogP contribution in [0.1, 0.15) is 0 Å². The number of ether oxygens (including phenoxy) is 2. The van der Waals surface area contributed by atoms with Crippen molar-refractivity contribution in [2.45, 2.75) is 0 Å². The van der Waals surface area contributed by atoms with Crippen LogP contribution in [0.5, 0.6) is 23.0 Å². The first kappa shape index (κ1) is 28.0. The summed E-state index contributed by atoms with van der Waals surface area (Å²) in [6.45, 7) is -0.0273. The van der Waals surface area contributed by atoms with Crippen molar-refractivity contribution < 1.29 is 9.47 Å². The normalized spacial score (nSPS) is 12.7. The van der Waals surface area contributed by atoms with Crippen molar-refractivity contribution in [3.63, 3.8) is 0 Å². The molecule has 9 rings (SSSR count). The third kappa shape index (κ3) is 4.33. The second kappa shape index (κ2) is 11.2. The average Bonchev–Trinajstić information content (AvgIpc) is 3.13. The van der Waals surface area contributed by atoms with Gasteiger partial charge in [0.2, 0.25) is 0 Å². The number of rotatable bonds is 5. The average molecular weight is 639 g/mol. The second-order valence-corrected chi connectivity index (χ2v) is 16.3. The van der Waals surface area contributed by atoms with Gasteiger partial charge in [0, 0.05) is 11.0 Å². The van der Waals surface area contributed by atoms with Crippen LogP contribution in [-0.4, -0.2) is 14.8 Å². The number of halogens is 1. The van der Waals surface area contributed by atoms with Crippen molar-refractivity contribution in [2.24, 2.45) is 0 Å². The van der Waals surface area contributed by atoms with E-state index in [1.54, 1.807) is 0 Å². The molecule has 0 radical (unpaired) electrons. The smallest absolute Gasteiger partial charge is 0.260 e. The lowest BCUT2D eigenvalue weighted by Gasteiger charge is -2.35. The van der Waals surface area contributed by atoms with Crippen molar-refractivity contribution in [1.29, 1.82) is 0 Å². The Kier molecular flexibility index (Phi) is 6.67. The molecule has 0 bridgehead atoms. The minimum Gasteiger partial charge on any atom is -0.458 e. The van der Waals surface area contributed by atoms with Crippen LogP contribution >= 0.6 is 11.6 Å². The van der Waals surface area contributed by atoms with Gasteiger partial charge in [-0.05, 0) is 55.4 Å². The van der Waals surface area contributed by atoms with Gasteiger partial charge in [0.25, 0.3) is 6.71 Å². The highest BCUT2D eigenvalue weighted by Gasteiger charge is 2.43. The van der Waals surface area contributed by atoms with E-state index >= 15 is 0 Å². The minimum absolute atomic E-state index is 0.0273. The lowest BCUT2D eigenvalue weighted by molar-refractivity contribution is 0.465. The van der Waals surface area contributed by atoms with Gasteiger partial charge in [-0.15, -0.1) is 0 Å². The molecule has 0 saturated heterocycles. The Bertz CT molecular complexity index is 2170. The van der Waals surface area contributed by atoms with E-state index in [0.29, 0.717) is 5.02 Å². The molecule has 2 nitrogen and oxygen atoms in total. The molecule has 7 aromatic rings. The minimum atomic E-state index is -2.75. The third-order valence-corrected chi connectivity index (χ3v) is 14.7. The van der Waals surface area contributed by atoms with E-state index in [1.165, 1.54) is 20.7 Å². The van der Waals surface area contributed by atoms with E-state index in [1.807, 2.05) is 24.3 Å². The van der Waals surface area contributed by atoms with E-state index in [-0.39, 0.29) is 6.71 Å². The first-order valence-corrected chi connectivity index (χ1v) is 18.3. The lowest BCUT2D eigenvalue weighted by Crippen LogP contribution is -2.74. The zero-order valence-corrected chi connectivity index (χ0v) is 27.2. The summed E-state index contributed by atoms with van der Waals surface area (Å²) in [5.41, 5.74) is 5.17. The molecular formula is C42H28BClO2Si. The molecule has 0 fully saturated rings. The zero-order valence-electron chi connectivity index (χ0n) is 25.4. The summed E-state index contributed by atoms with van der Waals surface area (Å²) in [6.07, 6.45) is 0. The number of hydrogen-bond acceptors (Lipinski definition) is 2. The van der Waals surface area contributed by atoms with E-state index < -0.39 is 8.07 Å². The number of fused-ring (bicyclic) bond motifs is 4. The van der Waals surface area contributed by atoms with Gasteiger partial charge in [0.15, 0.2) is 8.07 Å². The lowest BCUT2D eigenvalue weighted by atomic mass is 9.34. The van der Waals surface area contributed by atoms with Crippen molar-refractivity contribution in [3.8, 4) is 34.1 Å². The van der Waals surface area contributed by atoms with Crippen LogP contribution in [0, 0.1) is 0 Å². The maximum absolute atomic E-state index is 7.27. The molecule has 0 spiro atoms. The van der Waals surface area contributed by atoms with Crippen molar-refractivity contribution in [3.05, 3.63) is 175 Å². The van der Waals surface area contributed by atoms with Crippen LogP contribution in [0.3, 0.4) is 0 Å². The van der Waals surface area contributed by atoms with Crippen molar-refractivity contribution in [1.82, 2.24) is 0 Å². The maximum atomic E-state index is 7.27. The van der Waals surface area contributed by atoms with Crippen LogP contribution < -0.4 is 46.6 Å². The first-order valence-electron chi connectivity index (χ1n) is 15.9. The van der Waals surface area contributed by atoms with Crippen LogP contribution in [0.15, 0.2) is 170 Å². The molecule has 0 N–H and O–H groups in total. The first-order chi connectivity index (χ1) is 23.2. The molecule has 47 heavy (non-hydrogen) atoms. The summed E-state index contributed by atoms with van der Waals surface area (Å²) in [4.78, 5) is 0. The molecule has 0 amide bonds. The molecule has 2 aliphatic rings. The van der Waals surface area contributed by atoms with Crippen molar-refractivity contribution >= 4 is 63.5 Å². The number of para-hydroxylation sites is 2. The Balaban J connectivity index is 1.31. The second-order valence-electron chi connectivity index (χ2n) is 12.1. The van der Waals surface area contributed by atoms with Crippen LogP contribution in [0.4, 0.5) is 0 Å². The summed E-state index contributed by atoms with van der Waals surface area (Å²) in [5.74, 6) is 3.19. The van der Waals surface area contributed by atoms with Gasteiger partial charge >= 0.3 is 0 Å². The maximum Gasteiger partial charge on any atom is 0.260 e. The van der Waals surface area contributed by atoms with Crippen LogP contribution in [0.25, 0.3) is 11.1 Å². The topological polar surface area (TPSA) is 18.5 Å². The summed E-state index contributed by atoms with van der Waals surface area (Å²) >= 11 is 7.27. The molecule has 2 aliphatic heterocycles. The van der Waals surface area contributed by atoms with Gasteiger partial charge in [-0.2, -0.15) is 0 Å². The fraction of sp³-hybridized carbons (Fsp3) is 0. The molecule has 0 atom stereocenters. The Labute approximate surface area is 280 Å². The van der Waals surface area contributed by atoms with Gasteiger partial charge in [-0.25, -0.2) is 0 Å². The quantitative estimate of drug-likeness (QED) is 0.167. The molecule has 0 unspecified atom stereocenters. The largest absolute Gasteiger partial charge is 0.458 e. The molecule has 5 heteroatoms. The Morgan fingerprint density at radius 3 is 1.51 bits per heavy atom. The predicted molar refractivity (Wildman–Crippen MR) is 198 cm³/mol. The summed E-state index contributed by atoms with van der Waals surface area (Å²) in [7, 11) is -2.75. The monoisotopic (exact) mass is 638 g/mol. The Morgan fingerprint density at radius 1 is 0.447 bits per heavy atom.